The number of carbonyl (C=O) groups is 2. The van der Waals surface area contributed by atoms with Crippen molar-refractivity contribution in [3.63, 3.8) is 0 Å². The summed E-state index contributed by atoms with van der Waals surface area (Å²) in [5, 5.41) is 7.74. The zero-order chi connectivity index (χ0) is 22.2. The lowest BCUT2D eigenvalue weighted by Gasteiger charge is -2.17. The molecule has 1 aliphatic heterocycles. The van der Waals surface area contributed by atoms with E-state index < -0.39 is 23.5 Å². The summed E-state index contributed by atoms with van der Waals surface area (Å²) in [6.45, 7) is 0.244. The number of fused-ring (bicyclic) bond motifs is 1. The molecule has 31 heavy (non-hydrogen) atoms. The van der Waals surface area contributed by atoms with Gasteiger partial charge >= 0.3 is 12.2 Å². The fraction of sp³-hybridized carbons (Fsp3) is 0.0909. The summed E-state index contributed by atoms with van der Waals surface area (Å²) in [5.74, 6) is -0.260. The number of hydrogen-bond acceptors (Lipinski definition) is 2. The third-order valence-corrected chi connectivity index (χ3v) is 5.05. The topological polar surface area (TPSA) is 70.2 Å². The van der Waals surface area contributed by atoms with Crippen LogP contribution in [0.25, 0.3) is 11.1 Å². The van der Waals surface area contributed by atoms with Gasteiger partial charge in [-0.15, -0.1) is 0 Å². The highest BCUT2D eigenvalue weighted by molar-refractivity contribution is 6.30. The molecule has 0 aliphatic carbocycles. The maximum atomic E-state index is 13.8. The molecule has 1 heterocycles. The maximum absolute atomic E-state index is 13.8. The van der Waals surface area contributed by atoms with Gasteiger partial charge in [-0.25, -0.2) is 4.79 Å². The van der Waals surface area contributed by atoms with E-state index in [1.807, 2.05) is 0 Å². The Kier molecular flexibility index (Phi) is 5.32. The molecule has 3 aromatic rings. The third-order valence-electron chi connectivity index (χ3n) is 4.81. The Morgan fingerprint density at radius 2 is 1.71 bits per heavy atom. The molecule has 0 spiro atoms. The number of amides is 3. The Hall–Kier alpha value is -3.52. The normalized spacial score (nSPS) is 12.8. The Morgan fingerprint density at radius 3 is 2.45 bits per heavy atom. The molecule has 0 fully saturated rings. The minimum atomic E-state index is -4.71. The first kappa shape index (κ1) is 20.7. The van der Waals surface area contributed by atoms with Crippen LogP contribution in [-0.2, 0) is 12.7 Å². The first-order valence-corrected chi connectivity index (χ1v) is 9.55. The van der Waals surface area contributed by atoms with Gasteiger partial charge in [0.25, 0.3) is 5.91 Å². The van der Waals surface area contributed by atoms with Crippen molar-refractivity contribution in [2.24, 2.45) is 0 Å². The predicted molar refractivity (Wildman–Crippen MR) is 112 cm³/mol. The van der Waals surface area contributed by atoms with Gasteiger partial charge < -0.3 is 16.0 Å². The third kappa shape index (κ3) is 4.34. The molecule has 4 rings (SSSR count). The van der Waals surface area contributed by atoms with Crippen LogP contribution in [0.5, 0.6) is 0 Å². The van der Waals surface area contributed by atoms with E-state index in [9.17, 15) is 22.8 Å². The predicted octanol–water partition coefficient (Wildman–Crippen LogP) is 5.91. The Morgan fingerprint density at radius 1 is 0.968 bits per heavy atom. The van der Waals surface area contributed by atoms with Crippen molar-refractivity contribution in [3.05, 3.63) is 82.4 Å². The lowest BCUT2D eigenvalue weighted by molar-refractivity contribution is -0.136. The Bertz CT molecular complexity index is 1190. The van der Waals surface area contributed by atoms with Crippen molar-refractivity contribution in [1.82, 2.24) is 5.32 Å². The van der Waals surface area contributed by atoms with Gasteiger partial charge in [0.1, 0.15) is 0 Å². The van der Waals surface area contributed by atoms with Crippen LogP contribution < -0.4 is 16.0 Å². The zero-order valence-corrected chi connectivity index (χ0v) is 16.6. The molecule has 0 bridgehead atoms. The van der Waals surface area contributed by atoms with Crippen molar-refractivity contribution in [2.45, 2.75) is 12.7 Å². The van der Waals surface area contributed by atoms with Crippen molar-refractivity contribution < 1.29 is 22.8 Å². The summed E-state index contributed by atoms with van der Waals surface area (Å²) in [7, 11) is 0. The van der Waals surface area contributed by atoms with E-state index >= 15 is 0 Å². The smallest absolute Gasteiger partial charge is 0.348 e. The molecule has 0 atom stereocenters. The molecule has 3 aromatic carbocycles. The molecule has 3 N–H and O–H groups in total. The fourth-order valence-electron chi connectivity index (χ4n) is 3.43. The van der Waals surface area contributed by atoms with Gasteiger partial charge in [-0.1, -0.05) is 35.9 Å². The molecule has 9 heteroatoms. The van der Waals surface area contributed by atoms with Gasteiger partial charge in [-0.2, -0.15) is 13.2 Å². The van der Waals surface area contributed by atoms with Gasteiger partial charge in [0.15, 0.2) is 0 Å². The molecule has 3 amide bonds. The summed E-state index contributed by atoms with van der Waals surface area (Å²) < 4.78 is 41.3. The van der Waals surface area contributed by atoms with Crippen LogP contribution in [0.15, 0.2) is 60.7 Å². The molecule has 0 saturated carbocycles. The van der Waals surface area contributed by atoms with Gasteiger partial charge in [0.05, 0.1) is 11.3 Å². The molecule has 5 nitrogen and oxygen atoms in total. The van der Waals surface area contributed by atoms with Crippen LogP contribution >= 0.6 is 11.6 Å². The fourth-order valence-corrected chi connectivity index (χ4v) is 3.62. The molecular formula is C22H15ClF3N3O2. The Labute approximate surface area is 180 Å². The second-order valence-corrected chi connectivity index (χ2v) is 7.30. The first-order chi connectivity index (χ1) is 14.7. The van der Waals surface area contributed by atoms with E-state index in [0.717, 1.165) is 6.07 Å². The standard InChI is InChI=1S/C22H15ClF3N3O2/c23-13-3-1-4-14(10-13)28-21(31)29-19-8-7-12(9-18(19)22(24,25)26)15-5-2-6-16-17(15)11-27-20(16)30/h1-10H,11H2,(H,27,30)(H2,28,29,31). The monoisotopic (exact) mass is 445 g/mol. The number of urea groups is 1. The molecule has 0 unspecified atom stereocenters. The summed E-state index contributed by atoms with van der Waals surface area (Å²) in [6, 6.07) is 13.9. The first-order valence-electron chi connectivity index (χ1n) is 9.17. The van der Waals surface area contributed by atoms with E-state index in [1.165, 1.54) is 18.2 Å². The number of rotatable bonds is 3. The molecule has 0 aromatic heterocycles. The van der Waals surface area contributed by atoms with E-state index in [-0.39, 0.29) is 12.5 Å². The van der Waals surface area contributed by atoms with Crippen LogP contribution in [0.2, 0.25) is 5.02 Å². The van der Waals surface area contributed by atoms with Crippen LogP contribution in [0.4, 0.5) is 29.3 Å². The van der Waals surface area contributed by atoms with Gasteiger partial charge in [0.2, 0.25) is 0 Å². The average Bonchev–Trinajstić information content (AvgIpc) is 3.09. The number of carbonyl (C=O) groups excluding carboxylic acids is 2. The van der Waals surface area contributed by atoms with Crippen LogP contribution in [0.1, 0.15) is 21.5 Å². The maximum Gasteiger partial charge on any atom is 0.418 e. The second kappa shape index (κ2) is 7.96. The SMILES string of the molecule is O=C(Nc1cccc(Cl)c1)Nc1ccc(-c2cccc3c2CNC3=O)cc1C(F)(F)F. The molecule has 0 saturated heterocycles. The average molecular weight is 446 g/mol. The van der Waals surface area contributed by atoms with Crippen LogP contribution in [-0.4, -0.2) is 11.9 Å². The molecule has 0 radical (unpaired) electrons. The molecule has 158 valence electrons. The summed E-state index contributed by atoms with van der Waals surface area (Å²) in [4.78, 5) is 24.1. The van der Waals surface area contributed by atoms with Crippen LogP contribution in [0, 0.1) is 0 Å². The number of nitrogens with one attached hydrogen (secondary N) is 3. The van der Waals surface area contributed by atoms with Crippen molar-refractivity contribution in [2.75, 3.05) is 10.6 Å². The van der Waals surface area contributed by atoms with Crippen molar-refractivity contribution >= 4 is 34.9 Å². The molecule has 1 aliphatic rings. The largest absolute Gasteiger partial charge is 0.418 e. The second-order valence-electron chi connectivity index (χ2n) is 6.86. The number of benzene rings is 3. The highest BCUT2D eigenvalue weighted by Gasteiger charge is 2.35. The van der Waals surface area contributed by atoms with E-state index in [1.54, 1.807) is 36.4 Å². The van der Waals surface area contributed by atoms with Gasteiger partial charge in [0, 0.05) is 22.8 Å². The number of halogens is 4. The Balaban J connectivity index is 1.66. The van der Waals surface area contributed by atoms with Crippen LogP contribution in [0.3, 0.4) is 0 Å². The minimum absolute atomic E-state index is 0.244. The summed E-state index contributed by atoms with van der Waals surface area (Å²) in [6.07, 6.45) is -4.71. The van der Waals surface area contributed by atoms with E-state index in [2.05, 4.69) is 16.0 Å². The lowest BCUT2D eigenvalue weighted by atomic mass is 9.95. The van der Waals surface area contributed by atoms with Gasteiger partial charge in [-0.05, 0) is 53.1 Å². The highest BCUT2D eigenvalue weighted by Crippen LogP contribution is 2.39. The molecular weight excluding hydrogens is 431 g/mol. The number of hydrogen-bond donors (Lipinski definition) is 3. The van der Waals surface area contributed by atoms with Gasteiger partial charge in [-0.3, -0.25) is 4.79 Å². The zero-order valence-electron chi connectivity index (χ0n) is 15.8. The lowest BCUT2D eigenvalue weighted by Crippen LogP contribution is -2.22. The van der Waals surface area contributed by atoms with E-state index in [4.69, 9.17) is 11.6 Å². The highest BCUT2D eigenvalue weighted by atomic mass is 35.5. The minimum Gasteiger partial charge on any atom is -0.348 e. The quantitative estimate of drug-likeness (QED) is 0.469. The summed E-state index contributed by atoms with van der Waals surface area (Å²) in [5.41, 5.74) is 0.845. The van der Waals surface area contributed by atoms with Crippen molar-refractivity contribution in [3.8, 4) is 11.1 Å². The van der Waals surface area contributed by atoms with Crippen molar-refractivity contribution in [1.29, 1.82) is 0 Å². The summed E-state index contributed by atoms with van der Waals surface area (Å²) >= 11 is 5.85. The number of anilines is 2. The number of alkyl halides is 3. The van der Waals surface area contributed by atoms with E-state index in [0.29, 0.717) is 33.0 Å².